The fourth-order valence-electron chi connectivity index (χ4n) is 2.08. The lowest BCUT2D eigenvalue weighted by Crippen LogP contribution is -2.60. The molecule has 1 N–H and O–H groups in total. The van der Waals surface area contributed by atoms with Gasteiger partial charge in [0.1, 0.15) is 18.2 Å². The van der Waals surface area contributed by atoms with Crippen LogP contribution in [-0.4, -0.2) is 61.4 Å². The van der Waals surface area contributed by atoms with Crippen LogP contribution in [0.4, 0.5) is 0 Å². The van der Waals surface area contributed by atoms with Crippen LogP contribution in [0.15, 0.2) is 5.11 Å². The maximum Gasteiger partial charge on any atom is 0.303 e. The Morgan fingerprint density at radius 1 is 1.29 bits per heavy atom. The van der Waals surface area contributed by atoms with Gasteiger partial charge in [0.05, 0.1) is 6.61 Å². The molecule has 10 nitrogen and oxygen atoms in total. The average Bonchev–Trinajstić information content (AvgIpc) is 2.41. The van der Waals surface area contributed by atoms with Gasteiger partial charge in [-0.2, -0.15) is 0 Å². The van der Waals surface area contributed by atoms with E-state index < -0.39 is 49.2 Å². The fraction of sp³-hybridized carbons (Fsp3) is 0.818. The van der Waals surface area contributed by atoms with Crippen molar-refractivity contribution < 1.29 is 33.6 Å². The molecule has 0 aromatic rings. The van der Waals surface area contributed by atoms with Crippen molar-refractivity contribution in [1.82, 2.24) is 0 Å². The minimum absolute atomic E-state index is 0.498. The van der Waals surface area contributed by atoms with Crippen LogP contribution in [0.3, 0.4) is 0 Å². The van der Waals surface area contributed by atoms with E-state index >= 15 is 0 Å². The highest BCUT2D eigenvalue weighted by atomic mass is 16.7. The van der Waals surface area contributed by atoms with Crippen molar-refractivity contribution in [2.45, 2.75) is 44.5 Å². The number of hydrogen-bond donors (Lipinski definition) is 1. The fourth-order valence-corrected chi connectivity index (χ4v) is 2.08. The number of carbonyl (C=O) groups is 2. The van der Waals surface area contributed by atoms with Crippen molar-refractivity contribution in [3.63, 3.8) is 0 Å². The number of ether oxygens (including phenoxy) is 4. The highest BCUT2D eigenvalue weighted by Gasteiger charge is 2.49. The number of aliphatic hydroxyl groups is 1. The predicted octanol–water partition coefficient (Wildman–Crippen LogP) is -0.108. The maximum atomic E-state index is 11.2. The Morgan fingerprint density at radius 2 is 1.86 bits per heavy atom. The lowest BCUT2D eigenvalue weighted by atomic mass is 9.96. The highest BCUT2D eigenvalue weighted by Crippen LogP contribution is 2.28. The zero-order chi connectivity index (χ0) is 16.0. The molecule has 0 spiro atoms. The number of esters is 2. The van der Waals surface area contributed by atoms with Gasteiger partial charge in [-0.25, -0.2) is 0 Å². The van der Waals surface area contributed by atoms with Crippen molar-refractivity contribution >= 4 is 11.9 Å². The lowest BCUT2D eigenvalue weighted by Gasteiger charge is -2.42. The highest BCUT2D eigenvalue weighted by molar-refractivity contribution is 5.67. The van der Waals surface area contributed by atoms with Gasteiger partial charge in [-0.3, -0.25) is 9.59 Å². The largest absolute Gasteiger partial charge is 0.459 e. The first-order chi connectivity index (χ1) is 9.94. The van der Waals surface area contributed by atoms with Crippen molar-refractivity contribution in [2.24, 2.45) is 5.11 Å². The molecule has 0 radical (unpaired) electrons. The van der Waals surface area contributed by atoms with Gasteiger partial charge in [0.15, 0.2) is 12.4 Å². The molecule has 0 aromatic heterocycles. The van der Waals surface area contributed by atoms with Gasteiger partial charge in [-0.15, -0.1) is 0 Å². The van der Waals surface area contributed by atoms with Gasteiger partial charge >= 0.3 is 11.9 Å². The van der Waals surface area contributed by atoms with Crippen LogP contribution < -0.4 is 0 Å². The van der Waals surface area contributed by atoms with E-state index in [0.29, 0.717) is 0 Å². The number of aliphatic hydroxyl groups excluding tert-OH is 1. The predicted molar refractivity (Wildman–Crippen MR) is 66.8 cm³/mol. The molecule has 0 aromatic carbocycles. The Kier molecular flexibility index (Phi) is 6.38. The summed E-state index contributed by atoms with van der Waals surface area (Å²) in [5, 5.41) is 12.8. The third-order valence-corrected chi connectivity index (χ3v) is 2.82. The summed E-state index contributed by atoms with van der Waals surface area (Å²) in [4.78, 5) is 25.0. The van der Waals surface area contributed by atoms with Crippen molar-refractivity contribution in [2.75, 3.05) is 13.7 Å². The summed E-state index contributed by atoms with van der Waals surface area (Å²) in [5.41, 5.74) is 8.67. The summed E-state index contributed by atoms with van der Waals surface area (Å²) in [6.45, 7) is 1.83. The molecule has 1 aliphatic heterocycles. The van der Waals surface area contributed by atoms with E-state index in [1.807, 2.05) is 0 Å². The number of rotatable bonds is 5. The SMILES string of the molecule is CO[C@H]1O[C@H](CO)[C@@H](OC(C)=O)[C@@H](N=[N+]=[N-])[C@@H]1OC(C)=O. The minimum atomic E-state index is -1.10. The van der Waals surface area contributed by atoms with Crippen LogP contribution in [-0.2, 0) is 28.5 Å². The second-order valence-corrected chi connectivity index (χ2v) is 4.30. The third kappa shape index (κ3) is 4.30. The van der Waals surface area contributed by atoms with E-state index in [9.17, 15) is 14.7 Å². The second-order valence-electron chi connectivity index (χ2n) is 4.30. The first kappa shape index (κ1) is 17.2. The first-order valence-electron chi connectivity index (χ1n) is 6.12. The summed E-state index contributed by atoms with van der Waals surface area (Å²) in [6, 6.07) is -1.08. The molecule has 0 saturated carbocycles. The van der Waals surface area contributed by atoms with Gasteiger partial charge in [0.25, 0.3) is 0 Å². The van der Waals surface area contributed by atoms with Gasteiger partial charge in [0.2, 0.25) is 0 Å². The van der Waals surface area contributed by atoms with E-state index in [-0.39, 0.29) is 0 Å². The Balaban J connectivity index is 3.15. The van der Waals surface area contributed by atoms with E-state index in [2.05, 4.69) is 10.0 Å². The summed E-state index contributed by atoms with van der Waals surface area (Å²) in [5.74, 6) is -1.30. The Labute approximate surface area is 120 Å². The molecule has 5 atom stereocenters. The smallest absolute Gasteiger partial charge is 0.303 e. The lowest BCUT2D eigenvalue weighted by molar-refractivity contribution is -0.275. The van der Waals surface area contributed by atoms with Crippen molar-refractivity contribution in [3.05, 3.63) is 10.4 Å². The molecule has 0 aliphatic carbocycles. The summed E-state index contributed by atoms with van der Waals surface area (Å²) in [7, 11) is 1.30. The van der Waals surface area contributed by atoms with Gasteiger partial charge < -0.3 is 24.1 Å². The summed E-state index contributed by atoms with van der Waals surface area (Å²) in [6.07, 6.45) is -4.23. The van der Waals surface area contributed by atoms with Crippen LogP contribution >= 0.6 is 0 Å². The quantitative estimate of drug-likeness (QED) is 0.323. The molecule has 1 heterocycles. The van der Waals surface area contributed by atoms with E-state index in [1.165, 1.54) is 14.0 Å². The molecule has 118 valence electrons. The molecule has 0 unspecified atom stereocenters. The van der Waals surface area contributed by atoms with Crippen molar-refractivity contribution in [1.29, 1.82) is 0 Å². The van der Waals surface area contributed by atoms with Crippen LogP contribution in [0.1, 0.15) is 13.8 Å². The third-order valence-electron chi connectivity index (χ3n) is 2.82. The number of carbonyl (C=O) groups excluding carboxylic acids is 2. The minimum Gasteiger partial charge on any atom is -0.459 e. The van der Waals surface area contributed by atoms with Gasteiger partial charge in [0, 0.05) is 25.9 Å². The molecule has 1 saturated heterocycles. The number of hydrogen-bond acceptors (Lipinski definition) is 8. The Bertz CT molecular complexity index is 408. The summed E-state index contributed by atoms with van der Waals surface area (Å²) < 4.78 is 20.5. The zero-order valence-electron chi connectivity index (χ0n) is 11.8. The first-order valence-corrected chi connectivity index (χ1v) is 6.12. The van der Waals surface area contributed by atoms with Crippen LogP contribution in [0.25, 0.3) is 10.4 Å². The number of methoxy groups -OCH3 is 1. The van der Waals surface area contributed by atoms with E-state index in [0.717, 1.165) is 6.92 Å². The zero-order valence-corrected chi connectivity index (χ0v) is 11.8. The summed E-state index contributed by atoms with van der Waals surface area (Å²) >= 11 is 0. The van der Waals surface area contributed by atoms with Crippen LogP contribution in [0.2, 0.25) is 0 Å². The number of nitrogens with zero attached hydrogens (tertiary/aromatic N) is 3. The van der Waals surface area contributed by atoms with E-state index in [4.69, 9.17) is 24.5 Å². The van der Waals surface area contributed by atoms with Gasteiger partial charge in [-0.1, -0.05) is 5.11 Å². The molecule has 1 fully saturated rings. The standard InChI is InChI=1S/C11H17N3O7/c1-5(16)19-9-7(4-15)21-11(18-3)10(20-6(2)17)8(9)13-14-12/h7-11,15H,4H2,1-3H3/t7-,8-,9-,10+,11+/m1/s1. The molecule has 10 heteroatoms. The second kappa shape index (κ2) is 7.79. The average molecular weight is 303 g/mol. The molecular formula is C11H17N3O7. The Morgan fingerprint density at radius 3 is 2.29 bits per heavy atom. The Hall–Kier alpha value is -1.87. The molecule has 1 rings (SSSR count). The normalized spacial score (nSPS) is 31.9. The topological polar surface area (TPSA) is 140 Å². The molecule has 21 heavy (non-hydrogen) atoms. The maximum absolute atomic E-state index is 11.2. The van der Waals surface area contributed by atoms with Gasteiger partial charge in [-0.05, 0) is 5.53 Å². The molecule has 0 bridgehead atoms. The van der Waals surface area contributed by atoms with E-state index in [1.54, 1.807) is 0 Å². The number of azide groups is 1. The van der Waals surface area contributed by atoms with Crippen LogP contribution in [0.5, 0.6) is 0 Å². The molecule has 1 aliphatic rings. The van der Waals surface area contributed by atoms with Crippen molar-refractivity contribution in [3.8, 4) is 0 Å². The molecule has 0 amide bonds. The molecular weight excluding hydrogens is 286 g/mol. The monoisotopic (exact) mass is 303 g/mol. The van der Waals surface area contributed by atoms with Crippen LogP contribution in [0, 0.1) is 0 Å².